The summed E-state index contributed by atoms with van der Waals surface area (Å²) in [5.41, 5.74) is 1.10. The van der Waals surface area contributed by atoms with E-state index in [1.807, 2.05) is 0 Å². The van der Waals surface area contributed by atoms with Crippen molar-refractivity contribution in [3.8, 4) is 0 Å². The molecule has 1 aromatic rings. The van der Waals surface area contributed by atoms with Crippen LogP contribution in [-0.4, -0.2) is 24.8 Å². The third-order valence-electron chi connectivity index (χ3n) is 4.35. The molecule has 4 heteroatoms. The zero-order chi connectivity index (χ0) is 15.7. The van der Waals surface area contributed by atoms with E-state index in [4.69, 9.17) is 4.74 Å². The van der Waals surface area contributed by atoms with Gasteiger partial charge in [0.05, 0.1) is 6.10 Å². The van der Waals surface area contributed by atoms with E-state index in [2.05, 4.69) is 48.9 Å². The molecule has 0 aromatic heterocycles. The molecule has 118 valence electrons. The first-order valence-electron chi connectivity index (χ1n) is 7.52. The second-order valence-electron chi connectivity index (χ2n) is 7.14. The van der Waals surface area contributed by atoms with E-state index < -0.39 is 0 Å². The van der Waals surface area contributed by atoms with E-state index >= 15 is 0 Å². The van der Waals surface area contributed by atoms with Crippen LogP contribution < -0.4 is 5.32 Å². The molecule has 0 spiro atoms. The van der Waals surface area contributed by atoms with Gasteiger partial charge in [0.2, 0.25) is 0 Å². The van der Waals surface area contributed by atoms with E-state index in [-0.39, 0.29) is 22.9 Å². The van der Waals surface area contributed by atoms with Crippen molar-refractivity contribution in [2.24, 2.45) is 5.41 Å². The molecule has 2 unspecified atom stereocenters. The number of nitrogens with one attached hydrogen (secondary N) is 1. The third-order valence-corrected chi connectivity index (χ3v) is 5.12. The maximum Gasteiger partial charge on any atom is 0.123 e. The number of rotatable bonds is 4. The first-order chi connectivity index (χ1) is 9.72. The van der Waals surface area contributed by atoms with Gasteiger partial charge in [-0.15, -0.1) is 0 Å². The maximum atomic E-state index is 13.6. The lowest BCUT2D eigenvalue weighted by molar-refractivity contribution is 0.0596. The molecular formula is C17H25BrFNO. The Balaban J connectivity index is 2.22. The quantitative estimate of drug-likeness (QED) is 0.866. The highest BCUT2D eigenvalue weighted by molar-refractivity contribution is 9.10. The largest absolute Gasteiger partial charge is 0.378 e. The van der Waals surface area contributed by atoms with Gasteiger partial charge in [-0.2, -0.15) is 0 Å². The molecule has 1 fully saturated rings. The molecule has 1 heterocycles. The van der Waals surface area contributed by atoms with Gasteiger partial charge < -0.3 is 10.1 Å². The van der Waals surface area contributed by atoms with Crippen LogP contribution in [0, 0.1) is 11.2 Å². The lowest BCUT2D eigenvalue weighted by Gasteiger charge is -2.36. The minimum Gasteiger partial charge on any atom is -0.378 e. The molecular weight excluding hydrogens is 333 g/mol. The summed E-state index contributed by atoms with van der Waals surface area (Å²) in [7, 11) is 0. The molecule has 1 N–H and O–H groups in total. The fraction of sp³-hybridized carbons (Fsp3) is 0.647. The topological polar surface area (TPSA) is 21.3 Å². The number of benzene rings is 1. The lowest BCUT2D eigenvalue weighted by atomic mass is 9.75. The highest BCUT2D eigenvalue weighted by Crippen LogP contribution is 2.39. The van der Waals surface area contributed by atoms with Crippen LogP contribution in [-0.2, 0) is 11.2 Å². The number of hydrogen-bond acceptors (Lipinski definition) is 2. The minimum absolute atomic E-state index is 0.0175. The Kier molecular flexibility index (Phi) is 5.11. The van der Waals surface area contributed by atoms with Gasteiger partial charge in [-0.1, -0.05) is 15.9 Å². The zero-order valence-corrected chi connectivity index (χ0v) is 14.9. The highest BCUT2D eigenvalue weighted by atomic mass is 79.9. The number of halogens is 2. The highest BCUT2D eigenvalue weighted by Gasteiger charge is 2.42. The Morgan fingerprint density at radius 3 is 2.71 bits per heavy atom. The zero-order valence-electron chi connectivity index (χ0n) is 13.3. The SMILES string of the molecule is CC1OCCC1(CNC(C)(C)C)Cc1cc(F)ccc1Br. The molecule has 0 bridgehead atoms. The van der Waals surface area contributed by atoms with Crippen LogP contribution in [0.25, 0.3) is 0 Å². The van der Waals surface area contributed by atoms with Crippen molar-refractivity contribution in [1.82, 2.24) is 5.32 Å². The first kappa shape index (κ1) is 16.9. The second kappa shape index (κ2) is 6.35. The third kappa shape index (κ3) is 4.27. The number of hydrogen-bond donors (Lipinski definition) is 1. The monoisotopic (exact) mass is 357 g/mol. The predicted octanol–water partition coefficient (Wildman–Crippen LogP) is 4.31. The van der Waals surface area contributed by atoms with Crippen LogP contribution in [0.4, 0.5) is 4.39 Å². The van der Waals surface area contributed by atoms with Crippen molar-refractivity contribution < 1.29 is 9.13 Å². The molecule has 21 heavy (non-hydrogen) atoms. The maximum absolute atomic E-state index is 13.6. The Morgan fingerprint density at radius 1 is 1.43 bits per heavy atom. The van der Waals surface area contributed by atoms with Crippen LogP contribution in [0.3, 0.4) is 0 Å². The lowest BCUT2D eigenvalue weighted by Crippen LogP contribution is -2.47. The molecule has 1 aliphatic rings. The fourth-order valence-electron chi connectivity index (χ4n) is 2.85. The van der Waals surface area contributed by atoms with E-state index in [9.17, 15) is 4.39 Å². The van der Waals surface area contributed by atoms with Gasteiger partial charge in [0.25, 0.3) is 0 Å². The Labute approximate surface area is 135 Å². The molecule has 0 amide bonds. The van der Waals surface area contributed by atoms with E-state index in [1.165, 1.54) is 6.07 Å². The summed E-state index contributed by atoms with van der Waals surface area (Å²) < 4.78 is 20.3. The fourth-order valence-corrected chi connectivity index (χ4v) is 3.23. The molecule has 0 saturated carbocycles. The molecule has 1 saturated heterocycles. The van der Waals surface area contributed by atoms with Gasteiger partial charge in [-0.3, -0.25) is 0 Å². The van der Waals surface area contributed by atoms with Gasteiger partial charge in [0, 0.05) is 28.6 Å². The normalized spacial score (nSPS) is 26.3. The van der Waals surface area contributed by atoms with Crippen LogP contribution in [0.1, 0.15) is 39.7 Å². The van der Waals surface area contributed by atoms with Gasteiger partial charge in [-0.25, -0.2) is 4.39 Å². The Hall–Kier alpha value is -0.450. The summed E-state index contributed by atoms with van der Waals surface area (Å²) in [5.74, 6) is -0.182. The van der Waals surface area contributed by atoms with Gasteiger partial charge >= 0.3 is 0 Å². The summed E-state index contributed by atoms with van der Waals surface area (Å²) >= 11 is 3.54. The average molecular weight is 358 g/mol. The van der Waals surface area contributed by atoms with Gasteiger partial charge in [0.1, 0.15) is 5.82 Å². The van der Waals surface area contributed by atoms with Crippen molar-refractivity contribution in [3.63, 3.8) is 0 Å². The smallest absolute Gasteiger partial charge is 0.123 e. The molecule has 0 aliphatic carbocycles. The van der Waals surface area contributed by atoms with Crippen molar-refractivity contribution in [2.75, 3.05) is 13.2 Å². The molecule has 2 rings (SSSR count). The van der Waals surface area contributed by atoms with Crippen LogP contribution in [0.15, 0.2) is 22.7 Å². The Bertz CT molecular complexity index is 500. The molecule has 0 radical (unpaired) electrons. The summed E-state index contributed by atoms with van der Waals surface area (Å²) in [6, 6.07) is 4.91. The van der Waals surface area contributed by atoms with Crippen molar-refractivity contribution >= 4 is 15.9 Å². The van der Waals surface area contributed by atoms with Crippen molar-refractivity contribution in [2.45, 2.75) is 52.2 Å². The molecule has 2 atom stereocenters. The standard InChI is InChI=1S/C17H25BrFNO/c1-12-17(7-8-21-12,11-20-16(2,3)4)10-13-9-14(19)5-6-15(13)18/h5-6,9,12,20H,7-8,10-11H2,1-4H3. The van der Waals surface area contributed by atoms with E-state index in [0.717, 1.165) is 36.0 Å². The van der Waals surface area contributed by atoms with Crippen LogP contribution >= 0.6 is 15.9 Å². The van der Waals surface area contributed by atoms with Gasteiger partial charge in [0.15, 0.2) is 0 Å². The van der Waals surface area contributed by atoms with E-state index in [1.54, 1.807) is 12.1 Å². The van der Waals surface area contributed by atoms with E-state index in [0.29, 0.717) is 0 Å². The van der Waals surface area contributed by atoms with Crippen molar-refractivity contribution in [1.29, 1.82) is 0 Å². The molecule has 1 aliphatic heterocycles. The number of ether oxygens (including phenoxy) is 1. The summed E-state index contributed by atoms with van der Waals surface area (Å²) in [4.78, 5) is 0. The molecule has 2 nitrogen and oxygen atoms in total. The van der Waals surface area contributed by atoms with Gasteiger partial charge in [-0.05, 0) is 64.3 Å². The summed E-state index contributed by atoms with van der Waals surface area (Å²) in [6.45, 7) is 10.3. The minimum atomic E-state index is -0.182. The average Bonchev–Trinajstić information content (AvgIpc) is 2.73. The second-order valence-corrected chi connectivity index (χ2v) is 8.00. The first-order valence-corrected chi connectivity index (χ1v) is 8.32. The Morgan fingerprint density at radius 2 is 2.14 bits per heavy atom. The van der Waals surface area contributed by atoms with Crippen LogP contribution in [0.5, 0.6) is 0 Å². The summed E-state index contributed by atoms with van der Waals surface area (Å²) in [5, 5.41) is 3.60. The molecule has 1 aromatic carbocycles. The summed E-state index contributed by atoms with van der Waals surface area (Å²) in [6.07, 6.45) is 1.98. The predicted molar refractivity (Wildman–Crippen MR) is 88.0 cm³/mol. The van der Waals surface area contributed by atoms with Crippen molar-refractivity contribution in [3.05, 3.63) is 34.1 Å². The van der Waals surface area contributed by atoms with Crippen LogP contribution in [0.2, 0.25) is 0 Å².